The van der Waals surface area contributed by atoms with E-state index in [4.69, 9.17) is 26.1 Å². The molecule has 1 N–H and O–H groups in total. The van der Waals surface area contributed by atoms with Crippen molar-refractivity contribution < 1.29 is 19.4 Å². The number of ether oxygens (including phenoxy) is 2. The van der Waals surface area contributed by atoms with Crippen LogP contribution < -0.4 is 14.4 Å². The molecule has 8 heteroatoms. The monoisotopic (exact) mass is 495 g/mol. The van der Waals surface area contributed by atoms with Crippen molar-refractivity contribution >= 4 is 29.4 Å². The van der Waals surface area contributed by atoms with Gasteiger partial charge in [0.2, 0.25) is 5.88 Å². The average Bonchev–Trinajstić information content (AvgIpc) is 3.54. The largest absolute Gasteiger partial charge is 0.494 e. The number of hydrogen-bond acceptors (Lipinski definition) is 6. The summed E-state index contributed by atoms with van der Waals surface area (Å²) in [5.74, 6) is 1.49. The van der Waals surface area contributed by atoms with Gasteiger partial charge in [-0.1, -0.05) is 42.6 Å². The first-order chi connectivity index (χ1) is 17.0. The Morgan fingerprint density at radius 3 is 2.49 bits per heavy atom. The number of halogens is 1. The molecule has 2 aliphatic heterocycles. The van der Waals surface area contributed by atoms with Crippen molar-refractivity contribution in [1.29, 1.82) is 0 Å². The number of amides is 1. The van der Waals surface area contributed by atoms with Crippen molar-refractivity contribution in [1.82, 2.24) is 4.90 Å². The van der Waals surface area contributed by atoms with Gasteiger partial charge in [-0.3, -0.25) is 14.7 Å². The quantitative estimate of drug-likeness (QED) is 0.574. The van der Waals surface area contributed by atoms with Gasteiger partial charge in [-0.05, 0) is 48.6 Å². The molecule has 2 heterocycles. The van der Waals surface area contributed by atoms with Crippen molar-refractivity contribution in [3.05, 3.63) is 64.5 Å². The van der Waals surface area contributed by atoms with Gasteiger partial charge in [-0.25, -0.2) is 0 Å². The second-order valence-corrected chi connectivity index (χ2v) is 9.78. The molecule has 0 spiro atoms. The smallest absolute Gasteiger partial charge is 0.260 e. The van der Waals surface area contributed by atoms with E-state index in [9.17, 15) is 9.90 Å². The summed E-state index contributed by atoms with van der Waals surface area (Å²) < 4.78 is 11.2. The van der Waals surface area contributed by atoms with Crippen LogP contribution in [-0.4, -0.2) is 55.6 Å². The van der Waals surface area contributed by atoms with Crippen LogP contribution in [0, 0.1) is 5.92 Å². The van der Waals surface area contributed by atoms with Crippen molar-refractivity contribution in [2.75, 3.05) is 32.2 Å². The third kappa shape index (κ3) is 4.69. The number of benzene rings is 2. The van der Waals surface area contributed by atoms with E-state index in [2.05, 4.69) is 0 Å². The second-order valence-electron chi connectivity index (χ2n) is 9.35. The first kappa shape index (κ1) is 23.5. The summed E-state index contributed by atoms with van der Waals surface area (Å²) in [5.41, 5.74) is 1.87. The van der Waals surface area contributed by atoms with E-state index in [0.717, 1.165) is 31.2 Å². The molecule has 184 valence electrons. The van der Waals surface area contributed by atoms with Gasteiger partial charge in [-0.15, -0.1) is 0 Å². The van der Waals surface area contributed by atoms with E-state index < -0.39 is 0 Å². The zero-order chi connectivity index (χ0) is 24.5. The number of para-hydroxylation sites is 1. The lowest BCUT2D eigenvalue weighted by atomic mass is 9.99. The van der Waals surface area contributed by atoms with Crippen LogP contribution in [0.3, 0.4) is 0 Å². The van der Waals surface area contributed by atoms with Crippen LogP contribution in [0.2, 0.25) is 5.02 Å². The van der Waals surface area contributed by atoms with Crippen molar-refractivity contribution in [2.45, 2.75) is 37.8 Å². The lowest BCUT2D eigenvalue weighted by molar-refractivity contribution is -0.125. The number of hydrogen-bond donors (Lipinski definition) is 1. The summed E-state index contributed by atoms with van der Waals surface area (Å²) in [6, 6.07) is 13.2. The van der Waals surface area contributed by atoms with E-state index in [1.807, 2.05) is 42.5 Å². The lowest BCUT2D eigenvalue weighted by Crippen LogP contribution is -2.41. The van der Waals surface area contributed by atoms with E-state index >= 15 is 0 Å². The lowest BCUT2D eigenvalue weighted by Gasteiger charge is -2.35. The summed E-state index contributed by atoms with van der Waals surface area (Å²) in [5, 5.41) is 12.2. The maximum Gasteiger partial charge on any atom is 0.260 e. The molecule has 1 aliphatic carbocycles. The van der Waals surface area contributed by atoms with Crippen molar-refractivity contribution in [3.63, 3.8) is 0 Å². The molecular formula is C27H30ClN3O4. The number of carbonyl (C=O) groups excluding carboxylic acids is 1. The molecule has 3 aliphatic rings. The Hall–Kier alpha value is -3.19. The van der Waals surface area contributed by atoms with E-state index in [1.165, 1.54) is 6.21 Å². The predicted molar refractivity (Wildman–Crippen MR) is 137 cm³/mol. The Labute approximate surface area is 210 Å². The fourth-order valence-corrected chi connectivity index (χ4v) is 5.20. The van der Waals surface area contributed by atoms with Crippen LogP contribution >= 0.6 is 11.6 Å². The van der Waals surface area contributed by atoms with Crippen molar-refractivity contribution in [3.8, 4) is 11.5 Å². The highest BCUT2D eigenvalue weighted by Gasteiger charge is 2.39. The first-order valence-corrected chi connectivity index (χ1v) is 12.4. The van der Waals surface area contributed by atoms with Gasteiger partial charge in [0.15, 0.2) is 0 Å². The summed E-state index contributed by atoms with van der Waals surface area (Å²) in [6.45, 7) is 1.16. The fourth-order valence-electron chi connectivity index (χ4n) is 5.00. The molecule has 1 saturated carbocycles. The molecule has 7 nitrogen and oxygen atoms in total. The van der Waals surface area contributed by atoms with Gasteiger partial charge >= 0.3 is 0 Å². The molecule has 35 heavy (non-hydrogen) atoms. The molecule has 0 bridgehead atoms. The molecule has 1 saturated heterocycles. The molecule has 0 radical (unpaired) electrons. The molecule has 2 aromatic rings. The zero-order valence-electron chi connectivity index (χ0n) is 20.0. The van der Waals surface area contributed by atoms with Crippen LogP contribution in [0.15, 0.2) is 58.9 Å². The third-order valence-electron chi connectivity index (χ3n) is 7.05. The highest BCUT2D eigenvalue weighted by atomic mass is 35.5. The first-order valence-electron chi connectivity index (χ1n) is 12.0. The molecule has 1 amide bonds. The minimum absolute atomic E-state index is 0.121. The highest BCUT2D eigenvalue weighted by Crippen LogP contribution is 2.45. The molecular weight excluding hydrogens is 466 g/mol. The zero-order valence-corrected chi connectivity index (χ0v) is 20.7. The molecule has 5 rings (SSSR count). The van der Waals surface area contributed by atoms with Gasteiger partial charge in [0.1, 0.15) is 28.9 Å². The summed E-state index contributed by atoms with van der Waals surface area (Å²) in [6.07, 6.45) is 5.11. The van der Waals surface area contributed by atoms with Gasteiger partial charge in [0, 0.05) is 30.2 Å². The molecule has 2 atom stereocenters. The van der Waals surface area contributed by atoms with Crippen LogP contribution in [0.5, 0.6) is 11.5 Å². The number of aliphatic hydroxyl groups is 1. The summed E-state index contributed by atoms with van der Waals surface area (Å²) in [4.78, 5) is 21.8. The fraction of sp³-hybridized carbons (Fsp3) is 0.407. The molecule has 0 aromatic heterocycles. The SMILES string of the molecule is COc1cccc(OC)c1N1C(O)=C(C(=O)N2CCC(c3cccc(Cl)c3)C2)C=NC1CC1CC1. The summed E-state index contributed by atoms with van der Waals surface area (Å²) in [7, 11) is 3.16. The number of aliphatic hydroxyl groups excluding tert-OH is 1. The molecule has 2 unspecified atom stereocenters. The van der Waals surface area contributed by atoms with Crippen molar-refractivity contribution in [2.24, 2.45) is 10.9 Å². The van der Waals surface area contributed by atoms with Crippen LogP contribution in [0.25, 0.3) is 0 Å². The Balaban J connectivity index is 1.46. The van der Waals surface area contributed by atoms with Gasteiger partial charge in [0.05, 0.1) is 14.2 Å². The number of aliphatic imine (C=N–C) groups is 1. The topological polar surface area (TPSA) is 74.6 Å². The Morgan fingerprint density at radius 1 is 1.11 bits per heavy atom. The van der Waals surface area contributed by atoms with Crippen LogP contribution in [-0.2, 0) is 4.79 Å². The van der Waals surface area contributed by atoms with Crippen LogP contribution in [0.1, 0.15) is 37.2 Å². The molecule has 2 aromatic carbocycles. The van der Waals surface area contributed by atoms with E-state index in [-0.39, 0.29) is 29.4 Å². The third-order valence-corrected chi connectivity index (χ3v) is 7.29. The standard InChI is InChI=1S/C27H30ClN3O4/c1-34-22-7-4-8-23(35-2)25(22)31-24(13-17-9-10-17)29-15-21(27(31)33)26(32)30-12-11-19(16-30)18-5-3-6-20(28)14-18/h3-8,14-15,17,19,24,33H,9-13,16H2,1-2H3. The number of nitrogens with zero attached hydrogens (tertiary/aromatic N) is 3. The highest BCUT2D eigenvalue weighted by molar-refractivity contribution is 6.30. The second kappa shape index (κ2) is 9.82. The summed E-state index contributed by atoms with van der Waals surface area (Å²) >= 11 is 6.18. The number of methoxy groups -OCH3 is 2. The number of anilines is 1. The van der Waals surface area contributed by atoms with Gasteiger partial charge in [0.25, 0.3) is 5.91 Å². The van der Waals surface area contributed by atoms with E-state index in [1.54, 1.807) is 24.0 Å². The minimum Gasteiger partial charge on any atom is -0.494 e. The van der Waals surface area contributed by atoms with Crippen LogP contribution in [0.4, 0.5) is 5.69 Å². The number of carbonyl (C=O) groups is 1. The van der Waals surface area contributed by atoms with E-state index in [0.29, 0.717) is 41.2 Å². The average molecular weight is 496 g/mol. The number of likely N-dealkylation sites (tertiary alicyclic amines) is 1. The van der Waals surface area contributed by atoms with Gasteiger partial charge < -0.3 is 19.5 Å². The Morgan fingerprint density at radius 2 is 1.83 bits per heavy atom. The predicted octanol–water partition coefficient (Wildman–Crippen LogP) is 5.16. The Bertz CT molecular complexity index is 1150. The number of rotatable bonds is 7. The minimum atomic E-state index is -0.345. The maximum absolute atomic E-state index is 13.6. The molecule has 2 fully saturated rings. The normalized spacial score (nSPS) is 22.0. The Kier molecular flexibility index (Phi) is 6.60. The van der Waals surface area contributed by atoms with Gasteiger partial charge in [-0.2, -0.15) is 0 Å². The maximum atomic E-state index is 13.6.